The molecular formula is C5H8O5. The van der Waals surface area contributed by atoms with Gasteiger partial charge < -0.3 is 20.1 Å². The van der Waals surface area contributed by atoms with E-state index < -0.39 is 30.9 Å². The minimum Gasteiger partial charge on any atom is -0.454 e. The van der Waals surface area contributed by atoms with E-state index in [2.05, 4.69) is 4.74 Å². The number of hydrogen-bond acceptors (Lipinski definition) is 5. The third kappa shape index (κ3) is 0.985. The number of carbonyl (C=O) groups excluding carboxylic acids is 1. The Kier molecular flexibility index (Phi) is 1.89. The summed E-state index contributed by atoms with van der Waals surface area (Å²) in [6, 6.07) is 0. The highest BCUT2D eigenvalue weighted by molar-refractivity contribution is 5.80. The molecule has 10 heavy (non-hydrogen) atoms. The lowest BCUT2D eigenvalue weighted by atomic mass is 10.0. The number of aliphatic hydroxyl groups excluding tert-OH is 3. The van der Waals surface area contributed by atoms with Gasteiger partial charge in [0.1, 0.15) is 6.10 Å². The van der Waals surface area contributed by atoms with Gasteiger partial charge in [0.25, 0.3) is 0 Å². The van der Waals surface area contributed by atoms with Crippen molar-refractivity contribution in [2.45, 2.75) is 18.3 Å². The van der Waals surface area contributed by atoms with Crippen molar-refractivity contribution in [2.24, 2.45) is 0 Å². The van der Waals surface area contributed by atoms with Crippen LogP contribution in [0.4, 0.5) is 0 Å². The van der Waals surface area contributed by atoms with Gasteiger partial charge in [-0.25, -0.2) is 4.79 Å². The second-order valence-corrected chi connectivity index (χ2v) is 2.10. The van der Waals surface area contributed by atoms with Crippen LogP contribution in [0.1, 0.15) is 0 Å². The van der Waals surface area contributed by atoms with E-state index in [-0.39, 0.29) is 0 Å². The summed E-state index contributed by atoms with van der Waals surface area (Å²) in [6.45, 7) is -0.519. The molecule has 0 aromatic heterocycles. The summed E-state index contributed by atoms with van der Waals surface area (Å²) in [5.41, 5.74) is 0. The number of rotatable bonds is 2. The lowest BCUT2D eigenvalue weighted by Gasteiger charge is -2.33. The Bertz CT molecular complexity index is 145. The molecule has 58 valence electrons. The Morgan fingerprint density at radius 2 is 2.30 bits per heavy atom. The molecule has 0 saturated carbocycles. The molecule has 3 unspecified atom stereocenters. The Morgan fingerprint density at radius 1 is 1.70 bits per heavy atom. The van der Waals surface area contributed by atoms with Gasteiger partial charge in [-0.05, 0) is 0 Å². The molecule has 0 bridgehead atoms. The van der Waals surface area contributed by atoms with E-state index in [1.54, 1.807) is 0 Å². The zero-order valence-electron chi connectivity index (χ0n) is 5.10. The first kappa shape index (κ1) is 7.46. The molecule has 1 fully saturated rings. The van der Waals surface area contributed by atoms with Gasteiger partial charge in [0.2, 0.25) is 0 Å². The van der Waals surface area contributed by atoms with Crippen molar-refractivity contribution >= 4 is 5.97 Å². The second kappa shape index (κ2) is 2.53. The van der Waals surface area contributed by atoms with Gasteiger partial charge in [0.05, 0.1) is 6.61 Å². The van der Waals surface area contributed by atoms with Crippen molar-refractivity contribution in [3.05, 3.63) is 0 Å². The molecule has 0 radical (unpaired) electrons. The third-order valence-corrected chi connectivity index (χ3v) is 1.37. The van der Waals surface area contributed by atoms with E-state index in [1.165, 1.54) is 0 Å². The molecule has 1 aliphatic heterocycles. The SMILES string of the molecule is O=C1OC(C(O)CO)C1O. The van der Waals surface area contributed by atoms with Crippen LogP contribution in [-0.4, -0.2) is 46.2 Å². The molecule has 0 aromatic rings. The van der Waals surface area contributed by atoms with Crippen LogP contribution in [0.3, 0.4) is 0 Å². The van der Waals surface area contributed by atoms with E-state index >= 15 is 0 Å². The monoisotopic (exact) mass is 148 g/mol. The smallest absolute Gasteiger partial charge is 0.339 e. The van der Waals surface area contributed by atoms with Crippen LogP contribution in [0.15, 0.2) is 0 Å². The fourth-order valence-corrected chi connectivity index (χ4v) is 0.723. The van der Waals surface area contributed by atoms with E-state index in [9.17, 15) is 4.79 Å². The van der Waals surface area contributed by atoms with Crippen LogP contribution in [0.2, 0.25) is 0 Å². The second-order valence-electron chi connectivity index (χ2n) is 2.10. The van der Waals surface area contributed by atoms with Crippen LogP contribution >= 0.6 is 0 Å². The Hall–Kier alpha value is -0.650. The van der Waals surface area contributed by atoms with Crippen LogP contribution in [0, 0.1) is 0 Å². The van der Waals surface area contributed by atoms with Gasteiger partial charge in [-0.1, -0.05) is 0 Å². The maximum atomic E-state index is 10.2. The fraction of sp³-hybridized carbons (Fsp3) is 0.800. The topological polar surface area (TPSA) is 87.0 Å². The molecule has 5 heteroatoms. The highest BCUT2D eigenvalue weighted by Gasteiger charge is 2.45. The summed E-state index contributed by atoms with van der Waals surface area (Å²) in [6.07, 6.45) is -3.40. The molecule has 0 aliphatic carbocycles. The summed E-state index contributed by atoms with van der Waals surface area (Å²) < 4.78 is 4.31. The Morgan fingerprint density at radius 3 is 2.60 bits per heavy atom. The van der Waals surface area contributed by atoms with Gasteiger partial charge >= 0.3 is 5.97 Å². The first-order chi connectivity index (χ1) is 4.66. The van der Waals surface area contributed by atoms with Crippen molar-refractivity contribution in [3.8, 4) is 0 Å². The zero-order valence-corrected chi connectivity index (χ0v) is 5.10. The van der Waals surface area contributed by atoms with Crippen LogP contribution in [-0.2, 0) is 9.53 Å². The van der Waals surface area contributed by atoms with Crippen molar-refractivity contribution in [3.63, 3.8) is 0 Å². The number of esters is 1. The van der Waals surface area contributed by atoms with E-state index in [0.717, 1.165) is 0 Å². The van der Waals surface area contributed by atoms with E-state index in [1.807, 2.05) is 0 Å². The van der Waals surface area contributed by atoms with Gasteiger partial charge in [-0.15, -0.1) is 0 Å². The highest BCUT2D eigenvalue weighted by atomic mass is 16.6. The highest BCUT2D eigenvalue weighted by Crippen LogP contribution is 2.17. The van der Waals surface area contributed by atoms with Gasteiger partial charge in [-0.2, -0.15) is 0 Å². The summed E-state index contributed by atoms with van der Waals surface area (Å²) in [4.78, 5) is 10.2. The van der Waals surface area contributed by atoms with Crippen molar-refractivity contribution in [1.82, 2.24) is 0 Å². The van der Waals surface area contributed by atoms with Crippen LogP contribution < -0.4 is 0 Å². The van der Waals surface area contributed by atoms with Crippen LogP contribution in [0.25, 0.3) is 0 Å². The molecule has 5 nitrogen and oxygen atoms in total. The molecule has 0 amide bonds. The third-order valence-electron chi connectivity index (χ3n) is 1.37. The zero-order chi connectivity index (χ0) is 7.72. The van der Waals surface area contributed by atoms with E-state index in [0.29, 0.717) is 0 Å². The molecule has 1 heterocycles. The Labute approximate surface area is 56.9 Å². The molecule has 3 N–H and O–H groups in total. The van der Waals surface area contributed by atoms with Crippen LogP contribution in [0.5, 0.6) is 0 Å². The number of cyclic esters (lactones) is 1. The average Bonchev–Trinajstić information content (AvgIpc) is 1.98. The number of aliphatic hydroxyl groups is 3. The predicted octanol–water partition coefficient (Wildman–Crippen LogP) is -2.37. The molecule has 1 saturated heterocycles. The van der Waals surface area contributed by atoms with Gasteiger partial charge in [-0.3, -0.25) is 0 Å². The Balaban J connectivity index is 2.39. The molecule has 1 rings (SSSR count). The van der Waals surface area contributed by atoms with Gasteiger partial charge in [0.15, 0.2) is 12.2 Å². The lowest BCUT2D eigenvalue weighted by Crippen LogP contribution is -2.57. The number of hydrogen-bond donors (Lipinski definition) is 3. The molecule has 0 aromatic carbocycles. The predicted molar refractivity (Wildman–Crippen MR) is 29.0 cm³/mol. The lowest BCUT2D eigenvalue weighted by molar-refractivity contribution is -0.214. The minimum atomic E-state index is -1.28. The molecule has 1 aliphatic rings. The fourth-order valence-electron chi connectivity index (χ4n) is 0.723. The van der Waals surface area contributed by atoms with Crippen molar-refractivity contribution in [2.75, 3.05) is 6.61 Å². The van der Waals surface area contributed by atoms with Crippen molar-refractivity contribution in [1.29, 1.82) is 0 Å². The first-order valence-corrected chi connectivity index (χ1v) is 2.84. The maximum Gasteiger partial charge on any atom is 0.339 e. The maximum absolute atomic E-state index is 10.2. The quantitative estimate of drug-likeness (QED) is 0.381. The summed E-state index contributed by atoms with van der Waals surface area (Å²) in [5, 5.41) is 25.8. The summed E-state index contributed by atoms with van der Waals surface area (Å²) in [5.74, 6) is -0.752. The average molecular weight is 148 g/mol. The minimum absolute atomic E-state index is 0.519. The summed E-state index contributed by atoms with van der Waals surface area (Å²) in [7, 11) is 0. The number of carbonyl (C=O) groups is 1. The summed E-state index contributed by atoms with van der Waals surface area (Å²) >= 11 is 0. The largest absolute Gasteiger partial charge is 0.454 e. The van der Waals surface area contributed by atoms with Gasteiger partial charge in [0, 0.05) is 0 Å². The number of ether oxygens (including phenoxy) is 1. The normalized spacial score (nSPS) is 34.5. The van der Waals surface area contributed by atoms with E-state index in [4.69, 9.17) is 15.3 Å². The van der Waals surface area contributed by atoms with Crippen molar-refractivity contribution < 1.29 is 24.9 Å². The molecular weight excluding hydrogens is 140 g/mol. The standard InChI is InChI=1S/C5H8O5/c6-1-2(7)4-3(8)5(9)10-4/h2-4,6-8H,1H2. The molecule has 3 atom stereocenters. The first-order valence-electron chi connectivity index (χ1n) is 2.84. The molecule has 0 spiro atoms.